The summed E-state index contributed by atoms with van der Waals surface area (Å²) in [6.07, 6.45) is 14.7. The molecule has 24 nitrogen and oxygen atoms in total. The van der Waals surface area contributed by atoms with Crippen molar-refractivity contribution in [3.05, 3.63) is 149 Å². The third-order valence-electron chi connectivity index (χ3n) is 12.0. The second kappa shape index (κ2) is 47.7. The van der Waals surface area contributed by atoms with Gasteiger partial charge in [-0.3, -0.25) is 24.0 Å². The number of methoxy groups -OCH3 is 9. The van der Waals surface area contributed by atoms with Crippen LogP contribution >= 0.6 is 0 Å². The van der Waals surface area contributed by atoms with Crippen LogP contribution in [0.3, 0.4) is 0 Å². The molecule has 0 heterocycles. The summed E-state index contributed by atoms with van der Waals surface area (Å²) in [4.78, 5) is 101. The molecule has 0 saturated heterocycles. The molecule has 0 aliphatic rings. The summed E-state index contributed by atoms with van der Waals surface area (Å²) < 4.78 is 63.6. The maximum atomic E-state index is 11.7. The van der Waals surface area contributed by atoms with E-state index in [1.54, 1.807) is 140 Å². The van der Waals surface area contributed by atoms with Gasteiger partial charge in [-0.25, -0.2) is 14.4 Å². The number of carbonyl (C=O) groups is 9. The molecule has 0 aromatic heterocycles. The van der Waals surface area contributed by atoms with Crippen molar-refractivity contribution in [3.63, 3.8) is 0 Å². The highest BCUT2D eigenvalue weighted by Crippen LogP contribution is 2.31. The highest BCUT2D eigenvalue weighted by molar-refractivity contribution is 5.97. The van der Waals surface area contributed by atoms with E-state index in [9.17, 15) is 53.4 Å². The molecule has 0 aliphatic carbocycles. The minimum Gasteiger partial charge on any atom is -0.504 e. The Balaban J connectivity index is 0.000000595. The summed E-state index contributed by atoms with van der Waals surface area (Å²) in [6.45, 7) is 7.32. The quantitative estimate of drug-likeness (QED) is 0.0187. The van der Waals surface area contributed by atoms with Crippen LogP contribution < -0.4 is 37.9 Å². The Labute approximate surface area is 553 Å². The summed E-state index contributed by atoms with van der Waals surface area (Å²) in [5.74, 6) is 2.08. The molecule has 5 aromatic rings. The lowest BCUT2D eigenvalue weighted by atomic mass is 10.1. The van der Waals surface area contributed by atoms with E-state index in [1.807, 2.05) is 12.1 Å². The number of carbonyl (C=O) groups excluding carboxylic acids is 9. The number of phenolic OH excluding ortho intramolecular Hbond substituents is 2. The smallest absolute Gasteiger partial charge is 0.504 e. The van der Waals surface area contributed by atoms with Crippen molar-refractivity contribution in [1.29, 1.82) is 0 Å². The van der Waals surface area contributed by atoms with Crippen LogP contribution in [0.2, 0.25) is 0 Å². The molecule has 95 heavy (non-hydrogen) atoms. The summed E-state index contributed by atoms with van der Waals surface area (Å²) >= 11 is 0. The Kier molecular flexibility index (Phi) is 41.1. The van der Waals surface area contributed by atoms with E-state index in [1.165, 1.54) is 85.0 Å². The van der Waals surface area contributed by atoms with Crippen LogP contribution in [0.5, 0.6) is 57.5 Å². The lowest BCUT2D eigenvalue weighted by molar-refractivity contribution is -0.144. The summed E-state index contributed by atoms with van der Waals surface area (Å²) in [7, 11) is 13.5. The normalized spacial score (nSPS) is 10.4. The van der Waals surface area contributed by atoms with E-state index in [0.29, 0.717) is 64.8 Å². The zero-order valence-electron chi connectivity index (χ0n) is 55.7. The van der Waals surface area contributed by atoms with Crippen LogP contribution in [0.25, 0.3) is 30.4 Å². The van der Waals surface area contributed by atoms with Gasteiger partial charge in [-0.15, -0.1) is 0 Å². The number of ketones is 4. The van der Waals surface area contributed by atoms with Crippen LogP contribution in [-0.4, -0.2) is 147 Å². The van der Waals surface area contributed by atoms with E-state index in [0.717, 1.165) is 28.3 Å². The number of allylic oxidation sites excluding steroid dienone is 3. The minimum atomic E-state index is -1.02. The summed E-state index contributed by atoms with van der Waals surface area (Å²) in [5, 5.41) is 18.8. The van der Waals surface area contributed by atoms with E-state index in [2.05, 4.69) is 14.2 Å². The van der Waals surface area contributed by atoms with Crippen molar-refractivity contribution < 1.29 is 115 Å². The van der Waals surface area contributed by atoms with Crippen molar-refractivity contribution >= 4 is 83.5 Å². The number of benzene rings is 5. The molecular formula is C71H84O24. The number of hydrogen-bond donors (Lipinski definition) is 2. The van der Waals surface area contributed by atoms with Crippen LogP contribution in [0, 0.1) is 0 Å². The van der Waals surface area contributed by atoms with Gasteiger partial charge in [0.15, 0.2) is 74.8 Å². The summed E-state index contributed by atoms with van der Waals surface area (Å²) in [5.41, 5.74) is 3.83. The van der Waals surface area contributed by atoms with Gasteiger partial charge >= 0.3 is 30.0 Å². The number of ether oxygens (including phenoxy) is 13. The predicted octanol–water partition coefficient (Wildman–Crippen LogP) is 11.6. The SMILES string of the molecule is CCOC(=O)CCC(=O)/C=C/c1ccc(O)c(OC)c1.CCOC(=O)CCC(=O)/C=C/c1ccc(OC)c(OC)c1.CCOC(=O)OC(=O)/C=C/c1ccc(OC)c(OC)c1.COC(=O)/C=C/c1ccc(OC)c(OC)c1.COc1cc(/C=C/C(=O)CCC(C)=O)ccc1O. The van der Waals surface area contributed by atoms with Gasteiger partial charge in [0.2, 0.25) is 0 Å². The predicted molar refractivity (Wildman–Crippen MR) is 355 cm³/mol. The Bertz CT molecular complexity index is 3440. The molecule has 5 aromatic carbocycles. The Morgan fingerprint density at radius 3 is 0.916 bits per heavy atom. The fourth-order valence-electron chi connectivity index (χ4n) is 7.16. The Hall–Kier alpha value is -11.2. The number of esters is 4. The fourth-order valence-corrected chi connectivity index (χ4v) is 7.16. The van der Waals surface area contributed by atoms with Crippen LogP contribution in [0.15, 0.2) is 121 Å². The second-order valence-corrected chi connectivity index (χ2v) is 18.7. The monoisotopic (exact) mass is 1320 g/mol. The molecule has 0 atom stereocenters. The van der Waals surface area contributed by atoms with Crippen LogP contribution in [0.4, 0.5) is 4.79 Å². The van der Waals surface area contributed by atoms with Gasteiger partial charge in [-0.2, -0.15) is 0 Å². The highest BCUT2D eigenvalue weighted by atomic mass is 16.7. The highest BCUT2D eigenvalue weighted by Gasteiger charge is 2.11. The third-order valence-corrected chi connectivity index (χ3v) is 12.0. The third kappa shape index (κ3) is 34.7. The van der Waals surface area contributed by atoms with Crippen LogP contribution in [0.1, 0.15) is 94.0 Å². The van der Waals surface area contributed by atoms with Gasteiger partial charge < -0.3 is 76.6 Å². The van der Waals surface area contributed by atoms with Crippen LogP contribution in [-0.2, 0) is 62.0 Å². The first kappa shape index (κ1) is 81.8. The van der Waals surface area contributed by atoms with Gasteiger partial charge in [0.25, 0.3) is 0 Å². The molecule has 0 fully saturated rings. The molecule has 512 valence electrons. The molecule has 0 bridgehead atoms. The number of rotatable bonds is 30. The van der Waals surface area contributed by atoms with Gasteiger partial charge in [-0.1, -0.05) is 48.6 Å². The zero-order valence-corrected chi connectivity index (χ0v) is 55.7. The Morgan fingerprint density at radius 2 is 0.621 bits per heavy atom. The average Bonchev–Trinajstić information content (AvgIpc) is 1.31. The number of phenols is 2. The number of aromatic hydroxyl groups is 2. The van der Waals surface area contributed by atoms with E-state index < -0.39 is 18.1 Å². The van der Waals surface area contributed by atoms with Gasteiger partial charge in [0, 0.05) is 37.8 Å². The molecule has 0 aliphatic heterocycles. The van der Waals surface area contributed by atoms with Crippen molar-refractivity contribution in [2.45, 2.75) is 66.2 Å². The van der Waals surface area contributed by atoms with Crippen molar-refractivity contribution in [3.8, 4) is 57.5 Å². The number of hydrogen-bond acceptors (Lipinski definition) is 24. The zero-order chi connectivity index (χ0) is 71.1. The lowest BCUT2D eigenvalue weighted by Gasteiger charge is -2.07. The first-order valence-electron chi connectivity index (χ1n) is 29.2. The molecule has 0 saturated carbocycles. The lowest BCUT2D eigenvalue weighted by Crippen LogP contribution is -2.11. The fraction of sp³-hybridized carbons (Fsp3) is 0.310. The molecule has 0 unspecified atom stereocenters. The molecule has 5 rings (SSSR count). The molecular weight excluding hydrogens is 1240 g/mol. The first-order chi connectivity index (χ1) is 45.5. The molecule has 24 heteroatoms. The Morgan fingerprint density at radius 1 is 0.337 bits per heavy atom. The largest absolute Gasteiger partial charge is 0.516 e. The number of Topliss-reactive ketones (excluding diaryl/α,β-unsaturated/α-hetero) is 1. The van der Waals surface area contributed by atoms with E-state index >= 15 is 0 Å². The van der Waals surface area contributed by atoms with Gasteiger partial charge in [-0.05, 0) is 147 Å². The van der Waals surface area contributed by atoms with Crippen molar-refractivity contribution in [1.82, 2.24) is 0 Å². The van der Waals surface area contributed by atoms with Gasteiger partial charge in [0.05, 0.1) is 96.7 Å². The average molecular weight is 1320 g/mol. The first-order valence-corrected chi connectivity index (χ1v) is 29.2. The maximum absolute atomic E-state index is 11.7. The molecule has 0 spiro atoms. The van der Waals surface area contributed by atoms with Crippen molar-refractivity contribution in [2.75, 3.05) is 83.8 Å². The summed E-state index contributed by atoms with van der Waals surface area (Å²) in [6, 6.07) is 25.4. The van der Waals surface area contributed by atoms with E-state index in [4.69, 9.17) is 47.4 Å². The standard InChI is InChI=1S/C16H20O5.C15H18O5.C14H16O6.C14H16O4.C12H14O4/c1-4-21-16(18)10-8-13(17)7-5-12-6-9-14(19-2)15(11-12)20-3;1-3-20-15(18)9-7-12(16)6-4-11-5-8-13(17)14(10-11)19-2;1-4-19-14(16)20-13(15)8-6-10-5-7-11(17-2)12(9-10)18-3;1-10(15)3-6-12(16)7-4-11-5-8-13(17)14(9-11)18-2;1-14-10-6-4-9(8-11(10)15-2)5-7-12(13)16-3/h5-7,9,11H,4,8,10H2,1-3H3;4-6,8,10,17H,3,7,9H2,1-2H3;5-9H,4H2,1-3H3;4-5,7-9,17H,3,6H2,1-2H3;4-8H,1-3H3/b7-5+;6-4+;8-6+;7-4+;7-5+. The van der Waals surface area contributed by atoms with E-state index in [-0.39, 0.29) is 91.7 Å². The molecule has 0 amide bonds. The van der Waals surface area contributed by atoms with Gasteiger partial charge in [0.1, 0.15) is 5.78 Å². The molecule has 0 radical (unpaired) electrons. The second-order valence-electron chi connectivity index (χ2n) is 18.7. The molecule has 2 N–H and O–H groups in total. The topological polar surface area (TPSA) is 314 Å². The maximum Gasteiger partial charge on any atom is 0.516 e. The van der Waals surface area contributed by atoms with Crippen molar-refractivity contribution in [2.24, 2.45) is 0 Å². The minimum absolute atomic E-state index is 0.00283.